The average Bonchev–Trinajstić information content (AvgIpc) is 0.840. The fourth-order valence-electron chi connectivity index (χ4n) is 23.3. The molecule has 0 saturated carbocycles. The highest BCUT2D eigenvalue weighted by Crippen LogP contribution is 2.63. The van der Waals surface area contributed by atoms with Crippen molar-refractivity contribution in [2.75, 3.05) is 29.4 Å². The summed E-state index contributed by atoms with van der Waals surface area (Å²) in [5.41, 5.74) is 35.5. The third kappa shape index (κ3) is 13.9. The molecule has 3 aliphatic heterocycles. The summed E-state index contributed by atoms with van der Waals surface area (Å²) < 4.78 is 13.4. The Morgan fingerprint density at radius 1 is 0.147 bits per heavy atom. The first kappa shape index (κ1) is 84.7. The molecular weight excluding hydrogens is 1740 g/mol. The van der Waals surface area contributed by atoms with E-state index in [9.17, 15) is 0 Å². The summed E-state index contributed by atoms with van der Waals surface area (Å²) in [6.45, 7) is 0. The summed E-state index contributed by atoms with van der Waals surface area (Å²) in [5.74, 6) is 0. The number of benzene rings is 22. The quantitative estimate of drug-likeness (QED) is 0.0842. The Bertz CT molecular complexity index is 8200. The molecule has 0 fully saturated rings. The number of furan rings is 2. The topological polar surface area (TPSA) is 45.7 Å². The number of nitrogens with zero attached hydrogens (tertiary/aromatic N) is 6. The van der Waals surface area contributed by atoms with Crippen molar-refractivity contribution in [3.63, 3.8) is 0 Å². The lowest BCUT2D eigenvalue weighted by Crippen LogP contribution is -2.37. The Morgan fingerprint density at radius 2 is 0.343 bits per heavy atom. The molecule has 8 heteroatoms. The van der Waals surface area contributed by atoms with Crippen LogP contribution in [0.1, 0.15) is 66.8 Å². The van der Waals surface area contributed by atoms with Crippen LogP contribution in [0.5, 0.6) is 0 Å². The maximum absolute atomic E-state index is 6.69. The van der Waals surface area contributed by atoms with Crippen LogP contribution >= 0.6 is 0 Å². The van der Waals surface area contributed by atoms with Gasteiger partial charge < -0.3 is 38.2 Å². The van der Waals surface area contributed by atoms with Crippen molar-refractivity contribution < 1.29 is 8.83 Å². The molecule has 676 valence electrons. The fraction of sp³-hybridized carbons (Fsp3) is 0.0222. The number of hydrogen-bond acceptors (Lipinski definition) is 8. The van der Waals surface area contributed by atoms with E-state index in [1.807, 2.05) is 24.3 Å². The second kappa shape index (κ2) is 35.7. The number of hydrogen-bond donors (Lipinski definition) is 0. The zero-order valence-corrected chi connectivity index (χ0v) is 78.3. The van der Waals surface area contributed by atoms with E-state index in [2.05, 4.69) is 575 Å². The molecule has 0 atom stereocenters. The Labute approximate surface area is 831 Å². The lowest BCUT2D eigenvalue weighted by molar-refractivity contribution is 0.668. The molecular formula is C135H94N6O2. The van der Waals surface area contributed by atoms with E-state index in [1.54, 1.807) is 0 Å². The Balaban J connectivity index is 0.000000146. The highest BCUT2D eigenvalue weighted by molar-refractivity contribution is 6.12. The SMILES string of the molecule is c1ccc(N(c2ccc(C3(c4ccccc4)c4ccccc4N(c4ccccc4)c4ccccc43)cc2)c2ccc(C3(c4ccccc4)c4ccccc4N(c4ccccc4)c4ccccc43)cc2)cc1.c1ccc(N2c3ccccc3C(c3ccc(N(c4ccccc4)c4cccc5c4oc4ccccc45)cc3)(c3ccc(N(c4ccccc4)c4cccc5c4oc4ccccc45)cc3)c3ccccc32)cc1. The van der Waals surface area contributed by atoms with Crippen LogP contribution in [0, 0.1) is 0 Å². The Hall–Kier alpha value is -18.8. The van der Waals surface area contributed by atoms with Gasteiger partial charge in [-0.25, -0.2) is 0 Å². The van der Waals surface area contributed by atoms with Gasteiger partial charge in [-0.05, 0) is 249 Å². The van der Waals surface area contributed by atoms with Crippen LogP contribution < -0.4 is 29.4 Å². The third-order valence-electron chi connectivity index (χ3n) is 29.3. The van der Waals surface area contributed by atoms with Gasteiger partial charge in [0, 0.05) is 78.4 Å². The van der Waals surface area contributed by atoms with Crippen molar-refractivity contribution >= 4 is 146 Å². The van der Waals surface area contributed by atoms with E-state index in [-0.39, 0.29) is 0 Å². The molecule has 27 rings (SSSR count). The highest BCUT2D eigenvalue weighted by Gasteiger charge is 2.51. The van der Waals surface area contributed by atoms with Gasteiger partial charge in [-0.3, -0.25) is 0 Å². The molecule has 22 aromatic carbocycles. The summed E-state index contributed by atoms with van der Waals surface area (Å²) in [6, 6.07) is 207. The van der Waals surface area contributed by atoms with Crippen molar-refractivity contribution in [2.45, 2.75) is 16.2 Å². The predicted octanol–water partition coefficient (Wildman–Crippen LogP) is 36.1. The molecule has 143 heavy (non-hydrogen) atoms. The van der Waals surface area contributed by atoms with Crippen LogP contribution in [0.15, 0.2) is 579 Å². The summed E-state index contributed by atoms with van der Waals surface area (Å²) in [6.07, 6.45) is 0. The molecule has 3 aliphatic rings. The van der Waals surface area contributed by atoms with Gasteiger partial charge in [-0.1, -0.05) is 388 Å². The van der Waals surface area contributed by atoms with E-state index >= 15 is 0 Å². The molecule has 24 aromatic rings. The predicted molar refractivity (Wildman–Crippen MR) is 591 cm³/mol. The van der Waals surface area contributed by atoms with Gasteiger partial charge in [0.05, 0.1) is 61.7 Å². The average molecular weight is 1830 g/mol. The first-order valence-electron chi connectivity index (χ1n) is 49.0. The second-order valence-corrected chi connectivity index (χ2v) is 36.8. The molecule has 0 saturated heterocycles. The van der Waals surface area contributed by atoms with Crippen LogP contribution in [0.4, 0.5) is 102 Å². The van der Waals surface area contributed by atoms with Gasteiger partial charge in [0.2, 0.25) is 0 Å². The smallest absolute Gasteiger partial charge is 0.159 e. The summed E-state index contributed by atoms with van der Waals surface area (Å²) in [7, 11) is 0. The van der Waals surface area contributed by atoms with Gasteiger partial charge in [0.15, 0.2) is 11.2 Å². The maximum atomic E-state index is 6.69. The normalized spacial score (nSPS) is 13.3. The van der Waals surface area contributed by atoms with Crippen LogP contribution in [-0.4, -0.2) is 0 Å². The van der Waals surface area contributed by atoms with Crippen molar-refractivity contribution in [3.05, 3.63) is 637 Å². The Kier molecular flexibility index (Phi) is 21.1. The summed E-state index contributed by atoms with van der Waals surface area (Å²) in [4.78, 5) is 14.3. The van der Waals surface area contributed by atoms with Gasteiger partial charge in [0.25, 0.3) is 0 Å². The fourth-order valence-corrected chi connectivity index (χ4v) is 23.3. The molecule has 0 N–H and O–H groups in total. The maximum Gasteiger partial charge on any atom is 0.159 e. The Morgan fingerprint density at radius 3 is 0.615 bits per heavy atom. The van der Waals surface area contributed by atoms with Gasteiger partial charge >= 0.3 is 0 Å². The molecule has 5 heterocycles. The molecule has 0 unspecified atom stereocenters. The minimum atomic E-state index is -0.748. The van der Waals surface area contributed by atoms with E-state index in [4.69, 9.17) is 8.83 Å². The van der Waals surface area contributed by atoms with Crippen LogP contribution in [0.2, 0.25) is 0 Å². The van der Waals surface area contributed by atoms with Crippen molar-refractivity contribution in [1.29, 1.82) is 0 Å². The molecule has 0 spiro atoms. The number of fused-ring (bicyclic) bond motifs is 12. The minimum absolute atomic E-state index is 0.605. The van der Waals surface area contributed by atoms with Crippen molar-refractivity contribution in [3.8, 4) is 0 Å². The number of para-hydroxylation sites is 16. The van der Waals surface area contributed by atoms with Gasteiger partial charge in [0.1, 0.15) is 11.2 Å². The molecule has 0 bridgehead atoms. The molecule has 0 aliphatic carbocycles. The van der Waals surface area contributed by atoms with E-state index < -0.39 is 16.2 Å². The van der Waals surface area contributed by atoms with Crippen LogP contribution in [0.3, 0.4) is 0 Å². The highest BCUT2D eigenvalue weighted by atomic mass is 16.3. The number of anilines is 18. The molecule has 8 nitrogen and oxygen atoms in total. The summed E-state index contributed by atoms with van der Waals surface area (Å²) in [5, 5.41) is 4.37. The first-order valence-corrected chi connectivity index (χ1v) is 49.0. The van der Waals surface area contributed by atoms with Crippen molar-refractivity contribution in [2.24, 2.45) is 0 Å². The molecule has 0 amide bonds. The zero-order chi connectivity index (χ0) is 94.8. The third-order valence-corrected chi connectivity index (χ3v) is 29.3. The first-order chi connectivity index (χ1) is 71.0. The standard InChI is InChI=1S/C68H49N3.C67H45N3O2/c1-6-24-50(25-7-1)67(59-34-16-20-38-63(59)70(55-30-12-4-13-31-55)64-39-21-17-35-60(64)67)52-42-46-57(47-43-52)69(54-28-10-3-11-29-54)58-48-44-53(45-49-58)68(51-26-8-2-9-27-51)61-36-18-22-40-65(61)71(56-32-14-5-15-33-56)66-41-23-19-37-62(66)68;1-4-20-48(21-5-1)68(61-34-18-28-55-53-26-10-16-36-63(53)71-65(55)61)51-42-38-46(39-43-51)67(57-30-12-14-32-59(57)70(50-24-8-3-9-25-50)60-33-15-13-31-58(60)67)47-40-44-52(45-41-47)69(49-22-6-2-7-23-49)62-35-19-29-56-54-27-11-17-37-64(54)72-66(56)62/h1-49H;1-45H. The largest absolute Gasteiger partial charge is 0.454 e. The number of rotatable bonds is 18. The monoisotopic (exact) mass is 1830 g/mol. The lowest BCUT2D eigenvalue weighted by Gasteiger charge is -2.46. The van der Waals surface area contributed by atoms with E-state index in [1.165, 1.54) is 78.4 Å². The van der Waals surface area contributed by atoms with Crippen LogP contribution in [-0.2, 0) is 16.2 Å². The van der Waals surface area contributed by atoms with Crippen molar-refractivity contribution in [1.82, 2.24) is 0 Å². The van der Waals surface area contributed by atoms with Crippen LogP contribution in [0.25, 0.3) is 43.9 Å². The van der Waals surface area contributed by atoms with E-state index in [0.717, 1.165) is 135 Å². The lowest BCUT2D eigenvalue weighted by atomic mass is 9.62. The van der Waals surface area contributed by atoms with E-state index in [0.29, 0.717) is 0 Å². The van der Waals surface area contributed by atoms with Gasteiger partial charge in [-0.15, -0.1) is 0 Å². The second-order valence-electron chi connectivity index (χ2n) is 36.8. The minimum Gasteiger partial charge on any atom is -0.454 e. The molecule has 2 aromatic heterocycles. The van der Waals surface area contributed by atoms with Gasteiger partial charge in [-0.2, -0.15) is 0 Å². The molecule has 0 radical (unpaired) electrons. The summed E-state index contributed by atoms with van der Waals surface area (Å²) >= 11 is 0. The zero-order valence-electron chi connectivity index (χ0n) is 78.3.